The molecular weight excluding hydrogens is 122 g/mol. The van der Waals surface area contributed by atoms with Gasteiger partial charge >= 0.3 is 0 Å². The Kier molecular flexibility index (Phi) is 2.32. The predicted octanol–water partition coefficient (Wildman–Crippen LogP) is 2.73. The summed E-state index contributed by atoms with van der Waals surface area (Å²) in [6.45, 7) is 11.4. The van der Waals surface area contributed by atoms with E-state index in [9.17, 15) is 0 Å². The number of nitrogens with zero attached hydrogens (tertiary/aromatic N) is 1. The van der Waals surface area contributed by atoms with E-state index in [0.29, 0.717) is 6.04 Å². The number of hydrogen-bond donors (Lipinski definition) is 0. The Morgan fingerprint density at radius 1 is 1.20 bits per heavy atom. The fourth-order valence-corrected chi connectivity index (χ4v) is 1.64. The molecule has 0 N–H and O–H groups in total. The normalized spacial score (nSPS) is 40.7. The quantitative estimate of drug-likeness (QED) is 0.452. The summed E-state index contributed by atoms with van der Waals surface area (Å²) in [7, 11) is 0. The second-order valence-corrected chi connectivity index (χ2v) is 3.55. The van der Waals surface area contributed by atoms with Crippen molar-refractivity contribution in [2.24, 2.45) is 11.8 Å². The van der Waals surface area contributed by atoms with Crippen molar-refractivity contribution >= 4 is 0 Å². The molecule has 1 fully saturated rings. The Labute approximate surface area is 63.3 Å². The Morgan fingerprint density at radius 3 is 2.40 bits per heavy atom. The van der Waals surface area contributed by atoms with Crippen molar-refractivity contribution in [2.75, 3.05) is 0 Å². The maximum atomic E-state index is 6.88. The highest BCUT2D eigenvalue weighted by Crippen LogP contribution is 2.30. The van der Waals surface area contributed by atoms with E-state index in [1.54, 1.807) is 0 Å². The highest BCUT2D eigenvalue weighted by Gasteiger charge is 2.27. The molecule has 10 heavy (non-hydrogen) atoms. The van der Waals surface area contributed by atoms with E-state index in [1.165, 1.54) is 6.42 Å². The lowest BCUT2D eigenvalue weighted by Crippen LogP contribution is -2.21. The number of hydrogen-bond acceptors (Lipinski definition) is 0. The third-order valence-electron chi connectivity index (χ3n) is 2.75. The lowest BCUT2D eigenvalue weighted by atomic mass is 9.79. The van der Waals surface area contributed by atoms with Crippen LogP contribution in [0.3, 0.4) is 0 Å². The van der Waals surface area contributed by atoms with Crippen molar-refractivity contribution < 1.29 is 0 Å². The average molecular weight is 137 g/mol. The molecule has 0 saturated heterocycles. The first-order valence-corrected chi connectivity index (χ1v) is 4.10. The molecule has 3 unspecified atom stereocenters. The van der Waals surface area contributed by atoms with Crippen molar-refractivity contribution in [3.63, 3.8) is 0 Å². The minimum atomic E-state index is 0.339. The predicted molar refractivity (Wildman–Crippen MR) is 42.6 cm³/mol. The van der Waals surface area contributed by atoms with Crippen LogP contribution in [0.2, 0.25) is 0 Å². The van der Waals surface area contributed by atoms with Crippen LogP contribution in [0, 0.1) is 18.4 Å². The molecule has 1 aliphatic rings. The molecule has 1 nitrogen and oxygen atoms in total. The molecule has 0 aromatic rings. The van der Waals surface area contributed by atoms with E-state index >= 15 is 0 Å². The molecule has 1 rings (SSSR count). The lowest BCUT2D eigenvalue weighted by Gasteiger charge is -2.25. The summed E-state index contributed by atoms with van der Waals surface area (Å²) in [6.07, 6.45) is 3.52. The standard InChI is InChI=1S/C9H15N/c1-7-4-5-9(10-3)6-8(7)2/h7-9H,4-6H2,1-2H3. The Bertz CT molecular complexity index is 145. The highest BCUT2D eigenvalue weighted by atomic mass is 14.7. The summed E-state index contributed by atoms with van der Waals surface area (Å²) >= 11 is 0. The molecule has 1 aliphatic carbocycles. The van der Waals surface area contributed by atoms with Crippen LogP contribution < -0.4 is 0 Å². The molecule has 0 radical (unpaired) electrons. The highest BCUT2D eigenvalue weighted by molar-refractivity contribution is 4.86. The Hall–Kier alpha value is -0.510. The van der Waals surface area contributed by atoms with Gasteiger partial charge in [0.05, 0.1) is 0 Å². The van der Waals surface area contributed by atoms with Gasteiger partial charge in [0, 0.05) is 12.8 Å². The largest absolute Gasteiger partial charge is 0.314 e. The van der Waals surface area contributed by atoms with Crippen LogP contribution in [0.4, 0.5) is 0 Å². The smallest absolute Gasteiger partial charge is 0.224 e. The molecule has 0 aromatic heterocycles. The van der Waals surface area contributed by atoms with E-state index < -0.39 is 0 Å². The first-order chi connectivity index (χ1) is 4.74. The summed E-state index contributed by atoms with van der Waals surface area (Å²) in [6, 6.07) is 0.339. The first-order valence-electron chi connectivity index (χ1n) is 4.10. The van der Waals surface area contributed by atoms with Gasteiger partial charge in [0.2, 0.25) is 6.04 Å². The monoisotopic (exact) mass is 137 g/mol. The van der Waals surface area contributed by atoms with E-state index in [2.05, 4.69) is 18.7 Å². The molecular formula is C9H15N. The minimum Gasteiger partial charge on any atom is -0.314 e. The van der Waals surface area contributed by atoms with Gasteiger partial charge in [0.15, 0.2) is 0 Å². The zero-order valence-electron chi connectivity index (χ0n) is 6.80. The summed E-state index contributed by atoms with van der Waals surface area (Å²) in [5.74, 6) is 1.62. The van der Waals surface area contributed by atoms with Crippen molar-refractivity contribution in [2.45, 2.75) is 39.2 Å². The molecule has 0 heterocycles. The van der Waals surface area contributed by atoms with Crippen molar-refractivity contribution in [1.29, 1.82) is 0 Å². The fraction of sp³-hybridized carbons (Fsp3) is 0.889. The van der Waals surface area contributed by atoms with Crippen LogP contribution in [-0.2, 0) is 0 Å². The molecule has 0 aromatic carbocycles. The second-order valence-electron chi connectivity index (χ2n) is 3.55. The molecule has 0 bridgehead atoms. The van der Waals surface area contributed by atoms with Crippen LogP contribution in [-0.4, -0.2) is 6.04 Å². The SMILES string of the molecule is [C-]#[N+]C1CCC(C)C(C)C1. The maximum absolute atomic E-state index is 6.88. The summed E-state index contributed by atoms with van der Waals surface area (Å²) in [5.41, 5.74) is 0. The zero-order chi connectivity index (χ0) is 7.56. The molecule has 0 spiro atoms. The summed E-state index contributed by atoms with van der Waals surface area (Å²) < 4.78 is 0. The molecule has 1 heteroatoms. The first kappa shape index (κ1) is 7.60. The Balaban J connectivity index is 2.42. The van der Waals surface area contributed by atoms with Gasteiger partial charge < -0.3 is 4.85 Å². The van der Waals surface area contributed by atoms with Crippen LogP contribution >= 0.6 is 0 Å². The van der Waals surface area contributed by atoms with Gasteiger partial charge in [-0.15, -0.1) is 0 Å². The molecule has 0 amide bonds. The molecule has 1 saturated carbocycles. The lowest BCUT2D eigenvalue weighted by molar-refractivity contribution is 0.268. The van der Waals surface area contributed by atoms with Gasteiger partial charge in [-0.3, -0.25) is 0 Å². The van der Waals surface area contributed by atoms with Crippen LogP contribution in [0.15, 0.2) is 0 Å². The van der Waals surface area contributed by atoms with Crippen molar-refractivity contribution in [3.8, 4) is 0 Å². The third-order valence-corrected chi connectivity index (χ3v) is 2.75. The minimum absolute atomic E-state index is 0.339. The van der Waals surface area contributed by atoms with E-state index in [-0.39, 0.29) is 0 Å². The van der Waals surface area contributed by atoms with E-state index in [4.69, 9.17) is 6.57 Å². The molecule has 0 aliphatic heterocycles. The van der Waals surface area contributed by atoms with E-state index in [1.807, 2.05) is 0 Å². The van der Waals surface area contributed by atoms with Crippen molar-refractivity contribution in [1.82, 2.24) is 0 Å². The fourth-order valence-electron chi connectivity index (χ4n) is 1.64. The van der Waals surface area contributed by atoms with Crippen LogP contribution in [0.5, 0.6) is 0 Å². The maximum Gasteiger partial charge on any atom is 0.224 e. The van der Waals surface area contributed by atoms with Gasteiger partial charge in [-0.1, -0.05) is 13.8 Å². The van der Waals surface area contributed by atoms with Gasteiger partial charge in [-0.2, -0.15) is 0 Å². The molecule has 56 valence electrons. The van der Waals surface area contributed by atoms with Crippen LogP contribution in [0.25, 0.3) is 4.85 Å². The third kappa shape index (κ3) is 1.50. The van der Waals surface area contributed by atoms with E-state index in [0.717, 1.165) is 24.7 Å². The van der Waals surface area contributed by atoms with Gasteiger partial charge in [-0.05, 0) is 18.3 Å². The van der Waals surface area contributed by atoms with Gasteiger partial charge in [0.1, 0.15) is 0 Å². The number of rotatable bonds is 0. The second kappa shape index (κ2) is 3.05. The van der Waals surface area contributed by atoms with Crippen LogP contribution in [0.1, 0.15) is 33.1 Å². The Morgan fingerprint density at radius 2 is 1.90 bits per heavy atom. The van der Waals surface area contributed by atoms with Gasteiger partial charge in [-0.25, -0.2) is 6.57 Å². The topological polar surface area (TPSA) is 4.36 Å². The van der Waals surface area contributed by atoms with Gasteiger partial charge in [0.25, 0.3) is 0 Å². The zero-order valence-corrected chi connectivity index (χ0v) is 6.80. The summed E-state index contributed by atoms with van der Waals surface area (Å²) in [4.78, 5) is 3.58. The van der Waals surface area contributed by atoms with Crippen molar-refractivity contribution in [3.05, 3.63) is 11.4 Å². The molecule has 3 atom stereocenters. The summed E-state index contributed by atoms with van der Waals surface area (Å²) in [5, 5.41) is 0. The average Bonchev–Trinajstić information content (AvgIpc) is 1.95.